The van der Waals surface area contributed by atoms with Gasteiger partial charge in [0, 0.05) is 0 Å². The van der Waals surface area contributed by atoms with Crippen molar-refractivity contribution in [3.05, 3.63) is 59.7 Å². The molecule has 0 amide bonds. The fourth-order valence-electron chi connectivity index (χ4n) is 4.32. The van der Waals surface area contributed by atoms with E-state index in [4.69, 9.17) is 4.18 Å². The number of benzene rings is 2. The molecule has 2 fully saturated rings. The maximum atomic E-state index is 13.2. The monoisotopic (exact) mass is 435 g/mol. The van der Waals surface area contributed by atoms with Gasteiger partial charge in [0.2, 0.25) is 10.0 Å². The molecular formula is C21H25NO5S2. The van der Waals surface area contributed by atoms with Gasteiger partial charge in [-0.15, -0.1) is 0 Å². The number of hydrogen-bond acceptors (Lipinski definition) is 5. The van der Waals surface area contributed by atoms with Crippen LogP contribution in [0.5, 0.6) is 0 Å². The number of hydrogen-bond donors (Lipinski definition) is 0. The maximum absolute atomic E-state index is 13.2. The molecule has 6 nitrogen and oxygen atoms in total. The van der Waals surface area contributed by atoms with Crippen LogP contribution in [0.4, 0.5) is 0 Å². The first-order valence-corrected chi connectivity index (χ1v) is 12.5. The third-order valence-corrected chi connectivity index (χ3v) is 9.37. The molecule has 1 unspecified atom stereocenters. The Labute approximate surface area is 172 Å². The molecule has 4 rings (SSSR count). The first-order chi connectivity index (χ1) is 13.6. The molecule has 8 heteroatoms. The minimum atomic E-state index is -3.97. The lowest BCUT2D eigenvalue weighted by Gasteiger charge is -2.23. The summed E-state index contributed by atoms with van der Waals surface area (Å²) in [6.07, 6.45) is 1.21. The van der Waals surface area contributed by atoms with Crippen molar-refractivity contribution in [1.29, 1.82) is 0 Å². The van der Waals surface area contributed by atoms with Gasteiger partial charge in [-0.1, -0.05) is 35.4 Å². The Hall–Kier alpha value is -1.74. The van der Waals surface area contributed by atoms with E-state index in [9.17, 15) is 16.8 Å². The number of fused-ring (bicyclic) bond motifs is 1. The van der Waals surface area contributed by atoms with E-state index in [2.05, 4.69) is 0 Å². The molecule has 2 aromatic rings. The molecule has 1 saturated heterocycles. The Morgan fingerprint density at radius 2 is 1.41 bits per heavy atom. The van der Waals surface area contributed by atoms with Crippen molar-refractivity contribution in [2.75, 3.05) is 0 Å². The summed E-state index contributed by atoms with van der Waals surface area (Å²) in [5.41, 5.74) is 1.31. The van der Waals surface area contributed by atoms with Crippen LogP contribution < -0.4 is 0 Å². The third-order valence-electron chi connectivity index (χ3n) is 5.99. The van der Waals surface area contributed by atoms with E-state index < -0.39 is 37.8 Å². The highest BCUT2D eigenvalue weighted by atomic mass is 32.2. The van der Waals surface area contributed by atoms with E-state index >= 15 is 0 Å². The average molecular weight is 436 g/mol. The summed E-state index contributed by atoms with van der Waals surface area (Å²) >= 11 is 0. The van der Waals surface area contributed by atoms with Gasteiger partial charge in [0.15, 0.2) is 0 Å². The summed E-state index contributed by atoms with van der Waals surface area (Å²) in [5, 5.41) is 0. The van der Waals surface area contributed by atoms with Gasteiger partial charge in [0.05, 0.1) is 27.5 Å². The van der Waals surface area contributed by atoms with Gasteiger partial charge in [0.1, 0.15) is 0 Å². The second kappa shape index (κ2) is 6.91. The summed E-state index contributed by atoms with van der Waals surface area (Å²) in [6.45, 7) is 5.65. The smallest absolute Gasteiger partial charge is 0.261 e. The Bertz CT molecular complexity index is 1120. The van der Waals surface area contributed by atoms with E-state index in [1.54, 1.807) is 36.4 Å². The normalized spacial score (nSPS) is 29.3. The minimum absolute atomic E-state index is 0.0870. The highest BCUT2D eigenvalue weighted by Gasteiger charge is 2.70. The van der Waals surface area contributed by atoms with Gasteiger partial charge in [0.25, 0.3) is 10.1 Å². The van der Waals surface area contributed by atoms with Gasteiger partial charge < -0.3 is 0 Å². The van der Waals surface area contributed by atoms with Crippen LogP contribution in [0.3, 0.4) is 0 Å². The van der Waals surface area contributed by atoms with Crippen LogP contribution in [-0.2, 0) is 24.3 Å². The number of sulfonamides is 1. The Morgan fingerprint density at radius 1 is 0.897 bits per heavy atom. The van der Waals surface area contributed by atoms with Crippen LogP contribution in [0.1, 0.15) is 37.3 Å². The molecule has 2 aliphatic rings. The molecule has 1 heterocycles. The van der Waals surface area contributed by atoms with E-state index in [0.29, 0.717) is 19.3 Å². The predicted molar refractivity (Wildman–Crippen MR) is 109 cm³/mol. The Kier molecular flexibility index (Phi) is 4.89. The van der Waals surface area contributed by atoms with E-state index in [-0.39, 0.29) is 9.79 Å². The SMILES string of the molecule is Cc1ccc(S(=O)(=O)O[C@H]2CCC[C@]3(C)[C@H]2N3S(=O)(=O)c2ccc(C)cc2)cc1. The number of rotatable bonds is 5. The van der Waals surface area contributed by atoms with Crippen molar-refractivity contribution in [3.63, 3.8) is 0 Å². The molecule has 29 heavy (non-hydrogen) atoms. The number of aryl methyl sites for hydroxylation is 2. The molecule has 0 bridgehead atoms. The zero-order chi connectivity index (χ0) is 21.0. The summed E-state index contributed by atoms with van der Waals surface area (Å²) in [7, 11) is -7.69. The van der Waals surface area contributed by atoms with Crippen LogP contribution in [0.15, 0.2) is 58.3 Å². The Balaban J connectivity index is 1.61. The van der Waals surface area contributed by atoms with Crippen LogP contribution in [0.25, 0.3) is 0 Å². The first kappa shape index (κ1) is 20.5. The van der Waals surface area contributed by atoms with Crippen molar-refractivity contribution < 1.29 is 21.0 Å². The highest BCUT2D eigenvalue weighted by Crippen LogP contribution is 2.55. The average Bonchev–Trinajstić information content (AvgIpc) is 3.30. The van der Waals surface area contributed by atoms with Gasteiger partial charge >= 0.3 is 0 Å². The molecule has 0 spiro atoms. The maximum Gasteiger partial charge on any atom is 0.297 e. The molecule has 0 radical (unpaired) electrons. The van der Waals surface area contributed by atoms with Crippen molar-refractivity contribution in [3.8, 4) is 0 Å². The fraction of sp³-hybridized carbons (Fsp3) is 0.429. The lowest BCUT2D eigenvalue weighted by atomic mass is 9.89. The molecule has 4 atom stereocenters. The van der Waals surface area contributed by atoms with Gasteiger partial charge in [-0.2, -0.15) is 12.7 Å². The van der Waals surface area contributed by atoms with Gasteiger partial charge in [-0.05, 0) is 64.3 Å². The molecular weight excluding hydrogens is 410 g/mol. The molecule has 1 aliphatic carbocycles. The molecule has 0 N–H and O–H groups in total. The second-order valence-electron chi connectivity index (χ2n) is 8.21. The van der Waals surface area contributed by atoms with Crippen molar-refractivity contribution in [1.82, 2.24) is 4.31 Å². The summed E-state index contributed by atoms with van der Waals surface area (Å²) < 4.78 is 58.9. The molecule has 156 valence electrons. The van der Waals surface area contributed by atoms with Crippen molar-refractivity contribution >= 4 is 20.1 Å². The van der Waals surface area contributed by atoms with E-state index in [1.807, 2.05) is 20.8 Å². The van der Waals surface area contributed by atoms with Crippen molar-refractivity contribution in [2.24, 2.45) is 0 Å². The largest absolute Gasteiger partial charge is 0.297 e. The molecule has 1 saturated carbocycles. The quantitative estimate of drug-likeness (QED) is 0.531. The summed E-state index contributed by atoms with van der Waals surface area (Å²) in [4.78, 5) is 0.308. The van der Waals surface area contributed by atoms with Crippen LogP contribution in [0, 0.1) is 13.8 Å². The highest BCUT2D eigenvalue weighted by molar-refractivity contribution is 7.89. The fourth-order valence-corrected chi connectivity index (χ4v) is 7.50. The lowest BCUT2D eigenvalue weighted by molar-refractivity contribution is 0.167. The zero-order valence-corrected chi connectivity index (χ0v) is 18.3. The van der Waals surface area contributed by atoms with Gasteiger partial charge in [-0.25, -0.2) is 8.42 Å². The second-order valence-corrected chi connectivity index (χ2v) is 11.6. The van der Waals surface area contributed by atoms with E-state index in [1.165, 1.54) is 16.4 Å². The molecule has 2 aromatic carbocycles. The first-order valence-electron chi connectivity index (χ1n) is 9.67. The van der Waals surface area contributed by atoms with Crippen molar-refractivity contribution in [2.45, 2.75) is 67.5 Å². The molecule has 1 aliphatic heterocycles. The predicted octanol–water partition coefficient (Wildman–Crippen LogP) is 3.39. The van der Waals surface area contributed by atoms with Crippen LogP contribution in [0.2, 0.25) is 0 Å². The third kappa shape index (κ3) is 3.52. The topological polar surface area (TPSA) is 80.5 Å². The Morgan fingerprint density at radius 3 is 1.97 bits per heavy atom. The van der Waals surface area contributed by atoms with Crippen LogP contribution >= 0.6 is 0 Å². The minimum Gasteiger partial charge on any atom is -0.261 e. The standard InChI is InChI=1S/C21H25NO5S2/c1-15-6-10-17(11-7-15)28(23,24)22-20-19(5-4-14-21(20,22)3)27-29(25,26)18-12-8-16(2)9-13-18/h6-13,19-20H,4-5,14H2,1-3H3/t19-,20-,21+,22?/m0/s1. The van der Waals surface area contributed by atoms with Gasteiger partial charge in [-0.3, -0.25) is 4.18 Å². The zero-order valence-electron chi connectivity index (χ0n) is 16.7. The van der Waals surface area contributed by atoms with Crippen LogP contribution in [-0.4, -0.2) is 38.8 Å². The number of nitrogens with zero attached hydrogens (tertiary/aromatic N) is 1. The summed E-state index contributed by atoms with van der Waals surface area (Å²) in [6, 6.07) is 12.7. The summed E-state index contributed by atoms with van der Waals surface area (Å²) in [5.74, 6) is 0. The molecule has 0 aromatic heterocycles. The lowest BCUT2D eigenvalue weighted by Crippen LogP contribution is -2.32. The van der Waals surface area contributed by atoms with E-state index in [0.717, 1.165) is 11.1 Å².